The zero-order valence-corrected chi connectivity index (χ0v) is 13.3. The highest BCUT2D eigenvalue weighted by Gasteiger charge is 2.39. The number of methoxy groups -OCH3 is 1. The molecule has 0 saturated heterocycles. The van der Waals surface area contributed by atoms with E-state index in [1.807, 2.05) is 0 Å². The van der Waals surface area contributed by atoms with Crippen molar-refractivity contribution in [3.05, 3.63) is 10.6 Å². The van der Waals surface area contributed by atoms with Crippen LogP contribution < -0.4 is 10.6 Å². The average Bonchev–Trinajstić information content (AvgIpc) is 3.13. The molecule has 5 heteroatoms. The van der Waals surface area contributed by atoms with Gasteiger partial charge in [-0.05, 0) is 37.0 Å². The largest absolute Gasteiger partial charge is 0.378 e. The van der Waals surface area contributed by atoms with Crippen LogP contribution in [0.3, 0.4) is 0 Å². The lowest BCUT2D eigenvalue weighted by Crippen LogP contribution is -2.28. The van der Waals surface area contributed by atoms with Gasteiger partial charge in [-0.1, -0.05) is 6.42 Å². The lowest BCUT2D eigenvalue weighted by molar-refractivity contribution is 0.181. The van der Waals surface area contributed by atoms with Crippen LogP contribution in [-0.4, -0.2) is 25.7 Å². The molecular formula is C15H25N3OS. The van der Waals surface area contributed by atoms with Gasteiger partial charge in [0.1, 0.15) is 0 Å². The van der Waals surface area contributed by atoms with Gasteiger partial charge in [-0.3, -0.25) is 0 Å². The van der Waals surface area contributed by atoms with Gasteiger partial charge < -0.3 is 15.4 Å². The summed E-state index contributed by atoms with van der Waals surface area (Å²) in [5, 5.41) is 1.10. The number of nitrogens with zero attached hydrogens (tertiary/aromatic N) is 2. The molecule has 1 aromatic rings. The van der Waals surface area contributed by atoms with E-state index in [2.05, 4.69) is 11.9 Å². The summed E-state index contributed by atoms with van der Waals surface area (Å²) in [5.74, 6) is 2.85. The van der Waals surface area contributed by atoms with Gasteiger partial charge in [0, 0.05) is 32.1 Å². The van der Waals surface area contributed by atoms with Crippen LogP contribution in [0.4, 0.5) is 5.13 Å². The van der Waals surface area contributed by atoms with Crippen LogP contribution in [-0.2, 0) is 17.9 Å². The predicted octanol–water partition coefficient (Wildman–Crippen LogP) is 2.62. The third-order valence-electron chi connectivity index (χ3n) is 4.95. The molecule has 0 spiro atoms. The molecule has 1 heterocycles. The van der Waals surface area contributed by atoms with Crippen LogP contribution in [0.25, 0.3) is 0 Å². The third-order valence-corrected chi connectivity index (χ3v) is 6.19. The Hall–Kier alpha value is -0.650. The fraction of sp³-hybridized carbons (Fsp3) is 0.800. The summed E-state index contributed by atoms with van der Waals surface area (Å²) in [6, 6.07) is 0. The number of hydrogen-bond acceptors (Lipinski definition) is 5. The highest BCUT2D eigenvalue weighted by atomic mass is 32.1. The van der Waals surface area contributed by atoms with Crippen molar-refractivity contribution in [1.29, 1.82) is 0 Å². The summed E-state index contributed by atoms with van der Waals surface area (Å²) >= 11 is 1.72. The predicted molar refractivity (Wildman–Crippen MR) is 82.9 cm³/mol. The van der Waals surface area contributed by atoms with E-state index < -0.39 is 0 Å². The molecule has 4 nitrogen and oxygen atoms in total. The molecule has 2 fully saturated rings. The monoisotopic (exact) mass is 295 g/mol. The fourth-order valence-electron chi connectivity index (χ4n) is 3.97. The second-order valence-electron chi connectivity index (χ2n) is 6.32. The maximum absolute atomic E-state index is 5.80. The van der Waals surface area contributed by atoms with Gasteiger partial charge in [-0.25, -0.2) is 4.98 Å². The number of fused-ring (bicyclic) bond motifs is 2. The van der Waals surface area contributed by atoms with Crippen LogP contribution >= 0.6 is 11.3 Å². The quantitative estimate of drug-likeness (QED) is 0.876. The van der Waals surface area contributed by atoms with Gasteiger partial charge in [0.2, 0.25) is 0 Å². The number of anilines is 1. The third kappa shape index (κ3) is 2.71. The highest BCUT2D eigenvalue weighted by molar-refractivity contribution is 7.15. The van der Waals surface area contributed by atoms with Gasteiger partial charge in [0.15, 0.2) is 5.13 Å². The zero-order chi connectivity index (χ0) is 14.1. The Labute approximate surface area is 125 Å². The maximum atomic E-state index is 5.80. The van der Waals surface area contributed by atoms with Crippen molar-refractivity contribution in [3.63, 3.8) is 0 Å². The number of rotatable bonds is 6. The van der Waals surface area contributed by atoms with Crippen LogP contribution in [0.15, 0.2) is 0 Å². The molecule has 0 radical (unpaired) electrons. The number of aromatic nitrogens is 1. The van der Waals surface area contributed by atoms with E-state index in [-0.39, 0.29) is 0 Å². The molecule has 3 unspecified atom stereocenters. The van der Waals surface area contributed by atoms with Crippen molar-refractivity contribution >= 4 is 16.5 Å². The van der Waals surface area contributed by atoms with Crippen molar-refractivity contribution in [1.82, 2.24) is 4.98 Å². The van der Waals surface area contributed by atoms with E-state index in [9.17, 15) is 0 Å². The van der Waals surface area contributed by atoms with Crippen LogP contribution in [0.5, 0.6) is 0 Å². The van der Waals surface area contributed by atoms with Crippen molar-refractivity contribution in [3.8, 4) is 0 Å². The smallest absolute Gasteiger partial charge is 0.185 e. The summed E-state index contributed by atoms with van der Waals surface area (Å²) in [6.07, 6.45) is 5.82. The van der Waals surface area contributed by atoms with E-state index in [0.29, 0.717) is 13.2 Å². The molecule has 0 aromatic carbocycles. The molecule has 2 aliphatic rings. The van der Waals surface area contributed by atoms with Crippen molar-refractivity contribution in [2.45, 2.75) is 38.8 Å². The Morgan fingerprint density at radius 3 is 2.85 bits per heavy atom. The maximum Gasteiger partial charge on any atom is 0.185 e. The Morgan fingerprint density at radius 2 is 2.25 bits per heavy atom. The minimum Gasteiger partial charge on any atom is -0.378 e. The Balaban J connectivity index is 1.66. The molecule has 0 aliphatic heterocycles. The highest BCUT2D eigenvalue weighted by Crippen LogP contribution is 2.48. The second kappa shape index (κ2) is 6.00. The normalized spacial score (nSPS) is 28.2. The molecule has 1 aromatic heterocycles. The minimum absolute atomic E-state index is 0.554. The van der Waals surface area contributed by atoms with Gasteiger partial charge in [0.05, 0.1) is 12.3 Å². The SMILES string of the molecule is COCc1nc(N(C)CC2CC3CCC2C3)sc1CN. The molecule has 0 amide bonds. The van der Waals surface area contributed by atoms with Gasteiger partial charge in [-0.15, -0.1) is 11.3 Å². The lowest BCUT2D eigenvalue weighted by atomic mass is 9.88. The lowest BCUT2D eigenvalue weighted by Gasteiger charge is -2.26. The molecule has 2 bridgehead atoms. The molecule has 20 heavy (non-hydrogen) atoms. The molecule has 2 saturated carbocycles. The van der Waals surface area contributed by atoms with E-state index >= 15 is 0 Å². The zero-order valence-electron chi connectivity index (χ0n) is 12.5. The van der Waals surface area contributed by atoms with Crippen LogP contribution in [0.1, 0.15) is 36.3 Å². The van der Waals surface area contributed by atoms with Gasteiger partial charge >= 0.3 is 0 Å². The Morgan fingerprint density at radius 1 is 1.40 bits per heavy atom. The summed E-state index contributed by atoms with van der Waals surface area (Å²) in [5.41, 5.74) is 6.81. The molecule has 2 aliphatic carbocycles. The number of nitrogens with two attached hydrogens (primary N) is 1. The van der Waals surface area contributed by atoms with Gasteiger partial charge in [-0.2, -0.15) is 0 Å². The molecule has 2 N–H and O–H groups in total. The first-order valence-electron chi connectivity index (χ1n) is 7.60. The van der Waals surface area contributed by atoms with E-state index in [0.717, 1.165) is 40.0 Å². The summed E-state index contributed by atoms with van der Waals surface area (Å²) < 4.78 is 5.21. The topological polar surface area (TPSA) is 51.4 Å². The first kappa shape index (κ1) is 14.3. The number of thiazole rings is 1. The number of hydrogen-bond donors (Lipinski definition) is 1. The average molecular weight is 295 g/mol. The molecule has 3 atom stereocenters. The van der Waals surface area contributed by atoms with Crippen molar-refractivity contribution < 1.29 is 4.74 Å². The number of ether oxygens (including phenoxy) is 1. The first-order chi connectivity index (χ1) is 9.71. The van der Waals surface area contributed by atoms with E-state index in [1.54, 1.807) is 18.4 Å². The molecule has 3 rings (SSSR count). The van der Waals surface area contributed by atoms with Crippen molar-refractivity contribution in [2.24, 2.45) is 23.5 Å². The van der Waals surface area contributed by atoms with E-state index in [1.165, 1.54) is 25.7 Å². The summed E-state index contributed by atoms with van der Waals surface area (Å²) in [7, 11) is 3.87. The Kier molecular flexibility index (Phi) is 4.29. The molecular weight excluding hydrogens is 270 g/mol. The second-order valence-corrected chi connectivity index (χ2v) is 7.38. The Bertz CT molecular complexity index is 462. The van der Waals surface area contributed by atoms with E-state index in [4.69, 9.17) is 15.5 Å². The van der Waals surface area contributed by atoms with Crippen LogP contribution in [0.2, 0.25) is 0 Å². The minimum atomic E-state index is 0.554. The van der Waals surface area contributed by atoms with Crippen LogP contribution in [0, 0.1) is 17.8 Å². The summed E-state index contributed by atoms with van der Waals surface area (Å²) in [6.45, 7) is 2.26. The van der Waals surface area contributed by atoms with Gasteiger partial charge in [0.25, 0.3) is 0 Å². The van der Waals surface area contributed by atoms with Crippen molar-refractivity contribution in [2.75, 3.05) is 25.6 Å². The molecule has 112 valence electrons. The standard InChI is InChI=1S/C15H25N3OS/c1-18(8-12-6-10-3-4-11(12)5-10)15-17-13(9-19-2)14(7-16)20-15/h10-12H,3-9,16H2,1-2H3. The fourth-order valence-corrected chi connectivity index (χ4v) is 4.88. The first-order valence-corrected chi connectivity index (χ1v) is 8.41. The summed E-state index contributed by atoms with van der Waals surface area (Å²) in [4.78, 5) is 8.20.